The Labute approximate surface area is 253 Å². The van der Waals surface area contributed by atoms with Gasteiger partial charge < -0.3 is 0 Å². The fourth-order valence-corrected chi connectivity index (χ4v) is 14.6. The van der Waals surface area contributed by atoms with E-state index in [4.69, 9.17) is 39.6 Å². The summed E-state index contributed by atoms with van der Waals surface area (Å²) in [6, 6.07) is 21.2. The van der Waals surface area contributed by atoms with Crippen LogP contribution in [0.5, 0.6) is 0 Å². The van der Waals surface area contributed by atoms with Gasteiger partial charge in [-0.3, -0.25) is 0 Å². The molecule has 37 heavy (non-hydrogen) atoms. The average molecular weight is 756 g/mol. The molecule has 2 heterocycles. The summed E-state index contributed by atoms with van der Waals surface area (Å²) >= 11 is -3.42. The molecule has 0 aromatic heterocycles. The molecule has 0 saturated heterocycles. The monoisotopic (exact) mass is 754 g/mol. The van der Waals surface area contributed by atoms with E-state index >= 15 is 0 Å². The topological polar surface area (TPSA) is 0 Å². The van der Waals surface area contributed by atoms with Gasteiger partial charge in [-0.2, -0.15) is 0 Å². The van der Waals surface area contributed by atoms with E-state index in [1.54, 1.807) is 8.94 Å². The number of hydrogen-bond acceptors (Lipinski definition) is 0. The van der Waals surface area contributed by atoms with Gasteiger partial charge in [-0.15, -0.1) is 0 Å². The Bertz CT molecular complexity index is 1180. The van der Waals surface area contributed by atoms with Crippen molar-refractivity contribution in [2.75, 3.05) is 0 Å². The summed E-state index contributed by atoms with van der Waals surface area (Å²) in [4.78, 5) is 0. The molecule has 0 N–H and O–H groups in total. The molecule has 192 valence electrons. The van der Waals surface area contributed by atoms with Gasteiger partial charge >= 0.3 is 256 Å². The molecule has 2 unspecified atom stereocenters. The molecule has 2 atom stereocenters. The average Bonchev–Trinajstić information content (AvgIpc) is 2.96. The third-order valence-electron chi connectivity index (χ3n) is 6.72. The molecule has 4 aliphatic rings. The molecule has 0 bridgehead atoms. The van der Waals surface area contributed by atoms with Gasteiger partial charge in [0.1, 0.15) is 0 Å². The Morgan fingerprint density at radius 2 is 0.865 bits per heavy atom. The first-order valence-corrected chi connectivity index (χ1v) is 28.4. The normalized spacial score (nSPS) is 22.2. The molecule has 6 rings (SSSR count). The summed E-state index contributed by atoms with van der Waals surface area (Å²) in [5, 5.41) is 0. The van der Waals surface area contributed by atoms with Crippen molar-refractivity contribution in [3.05, 3.63) is 116 Å². The van der Waals surface area contributed by atoms with Crippen LogP contribution < -0.4 is 0 Å². The summed E-state index contributed by atoms with van der Waals surface area (Å²) in [7, 11) is 23.4. The zero-order valence-electron chi connectivity index (χ0n) is 20.8. The molecule has 0 saturated carbocycles. The zero-order chi connectivity index (χ0) is 26.0. The van der Waals surface area contributed by atoms with Crippen LogP contribution >= 0.6 is 39.6 Å². The molecule has 0 amide bonds. The molecular weight excluding hydrogens is 725 g/mol. The molecular formula is C30H30Cl4Se2Zn. The summed E-state index contributed by atoms with van der Waals surface area (Å²) in [5.41, 5.74) is 5.69. The molecule has 2 aromatic carbocycles. The standard InChI is InChI=1S/2C15H15ClSe.2ClH.Zn/c2*16-17-14-9-5-4-8-13(14)10-11-15(17)12-6-2-1-3-7-12;;;/h2*1-3,6-7,10-11H,4-5,8-9H2;2*1H;/q;;;;+2/p-2. The van der Waals surface area contributed by atoms with Gasteiger partial charge in [0, 0.05) is 0 Å². The Kier molecular flexibility index (Phi) is 12.7. The van der Waals surface area contributed by atoms with E-state index in [0.717, 1.165) is 0 Å². The summed E-state index contributed by atoms with van der Waals surface area (Å²) in [6.07, 6.45) is 19.4. The van der Waals surface area contributed by atoms with Crippen molar-refractivity contribution in [2.24, 2.45) is 0 Å². The van der Waals surface area contributed by atoms with Crippen LogP contribution in [0.2, 0.25) is 0 Å². The van der Waals surface area contributed by atoms with E-state index in [1.165, 1.54) is 82.5 Å². The second kappa shape index (κ2) is 15.7. The number of halogens is 4. The molecule has 0 spiro atoms. The van der Waals surface area contributed by atoms with E-state index < -0.39 is 40.2 Å². The Balaban J connectivity index is 0.000000157. The molecule has 2 aliphatic heterocycles. The van der Waals surface area contributed by atoms with Crippen molar-refractivity contribution >= 4 is 73.5 Å². The molecule has 0 fully saturated rings. The SMILES string of the molecule is Cl[Se]1=C(c2ccccc2)C=CC2=C1CCCC2.Cl[Se]1=C(c2ccccc2)C=CC2=C1CCCC2.[Cl][Zn][Cl]. The first-order valence-electron chi connectivity index (χ1n) is 12.7. The van der Waals surface area contributed by atoms with Crippen molar-refractivity contribution in [3.63, 3.8) is 0 Å². The van der Waals surface area contributed by atoms with Crippen molar-refractivity contribution in [3.8, 4) is 0 Å². The van der Waals surface area contributed by atoms with E-state index in [1.807, 2.05) is 0 Å². The van der Waals surface area contributed by atoms with Gasteiger partial charge in [-0.05, 0) is 0 Å². The van der Waals surface area contributed by atoms with E-state index in [9.17, 15) is 0 Å². The molecule has 0 radical (unpaired) electrons. The first kappa shape index (κ1) is 29.9. The van der Waals surface area contributed by atoms with Gasteiger partial charge in [0.15, 0.2) is 0 Å². The maximum absolute atomic E-state index is 6.77. The van der Waals surface area contributed by atoms with Crippen LogP contribution in [0, 0.1) is 0 Å². The Morgan fingerprint density at radius 1 is 0.514 bits per heavy atom. The van der Waals surface area contributed by atoms with Gasteiger partial charge in [0.2, 0.25) is 0 Å². The van der Waals surface area contributed by atoms with Gasteiger partial charge in [-0.1, -0.05) is 0 Å². The van der Waals surface area contributed by atoms with Crippen molar-refractivity contribution in [2.45, 2.75) is 51.4 Å². The third-order valence-corrected chi connectivity index (χ3v) is 17.3. The molecule has 2 aromatic rings. The summed E-state index contributed by atoms with van der Waals surface area (Å²) in [6.45, 7) is 0. The quantitative estimate of drug-likeness (QED) is 0.268. The third kappa shape index (κ3) is 8.01. The van der Waals surface area contributed by atoms with E-state index in [-0.39, 0.29) is 0 Å². The van der Waals surface area contributed by atoms with Crippen LogP contribution in [0.1, 0.15) is 62.5 Å². The Hall–Kier alpha value is -0.0377. The number of rotatable bonds is 2. The maximum atomic E-state index is 6.77. The number of benzene rings is 2. The molecule has 2 aliphatic carbocycles. The van der Waals surface area contributed by atoms with Crippen LogP contribution in [0.25, 0.3) is 0 Å². The van der Waals surface area contributed by atoms with Crippen LogP contribution in [-0.2, 0) is 15.1 Å². The van der Waals surface area contributed by atoms with E-state index in [2.05, 4.69) is 85.0 Å². The zero-order valence-corrected chi connectivity index (χ0v) is 30.2. The van der Waals surface area contributed by atoms with Crippen LogP contribution in [0.4, 0.5) is 0 Å². The second-order valence-corrected chi connectivity index (χ2v) is 22.9. The molecule has 7 heteroatoms. The van der Waals surface area contributed by atoms with Crippen molar-refractivity contribution in [1.29, 1.82) is 0 Å². The summed E-state index contributed by atoms with van der Waals surface area (Å²) in [5.74, 6) is 0. The molecule has 0 nitrogen and oxygen atoms in total. The van der Waals surface area contributed by atoms with Crippen LogP contribution in [0.15, 0.2) is 105 Å². The van der Waals surface area contributed by atoms with Crippen molar-refractivity contribution < 1.29 is 15.1 Å². The van der Waals surface area contributed by atoms with Crippen LogP contribution in [0.3, 0.4) is 0 Å². The van der Waals surface area contributed by atoms with Crippen LogP contribution in [-0.4, -0.2) is 33.9 Å². The second-order valence-electron chi connectivity index (χ2n) is 9.05. The van der Waals surface area contributed by atoms with Gasteiger partial charge in [-0.25, -0.2) is 0 Å². The predicted molar refractivity (Wildman–Crippen MR) is 165 cm³/mol. The van der Waals surface area contributed by atoms with Gasteiger partial charge in [0.05, 0.1) is 0 Å². The number of allylic oxidation sites excluding steroid dienone is 8. The Morgan fingerprint density at radius 3 is 1.24 bits per heavy atom. The predicted octanol–water partition coefficient (Wildman–Crippen LogP) is 9.37. The number of hydrogen-bond donors (Lipinski definition) is 0. The van der Waals surface area contributed by atoms with E-state index in [0.29, 0.717) is 0 Å². The fraction of sp³-hybridized carbons (Fsp3) is 0.267. The first-order chi connectivity index (χ1) is 18.1. The van der Waals surface area contributed by atoms with Crippen molar-refractivity contribution in [1.82, 2.24) is 0 Å². The summed E-state index contributed by atoms with van der Waals surface area (Å²) < 4.78 is 5.93. The van der Waals surface area contributed by atoms with Gasteiger partial charge in [0.25, 0.3) is 0 Å². The minimum atomic E-state index is -1.25. The fourth-order valence-electron chi connectivity index (χ4n) is 4.91. The minimum absolute atomic E-state index is 0.931.